The number of hydrogen-bond donors (Lipinski definition) is 1. The summed E-state index contributed by atoms with van der Waals surface area (Å²) in [6, 6.07) is 11.5. The SMILES string of the molecule is COc1ccc([C@@H](CC(C)C)NC(=O)CN(C)S(=O)(=O)c2ccc(OC)c(OC)c2)cc1. The average Bonchev–Trinajstić information content (AvgIpc) is 2.77. The van der Waals surface area contributed by atoms with Gasteiger partial charge >= 0.3 is 0 Å². The van der Waals surface area contributed by atoms with Gasteiger partial charge in [0, 0.05) is 13.1 Å². The second-order valence-electron chi connectivity index (χ2n) is 7.80. The molecule has 2 aromatic rings. The number of methoxy groups -OCH3 is 3. The summed E-state index contributed by atoms with van der Waals surface area (Å²) in [7, 11) is 1.96. The van der Waals surface area contributed by atoms with E-state index in [1.54, 1.807) is 7.11 Å². The van der Waals surface area contributed by atoms with Crippen LogP contribution in [0.25, 0.3) is 0 Å². The number of likely N-dealkylation sites (N-methyl/N-ethyl adjacent to an activating group) is 1. The van der Waals surface area contributed by atoms with E-state index in [2.05, 4.69) is 19.2 Å². The molecular formula is C23H32N2O6S. The summed E-state index contributed by atoms with van der Waals surface area (Å²) in [5.41, 5.74) is 0.929. The summed E-state index contributed by atoms with van der Waals surface area (Å²) in [6.45, 7) is 3.81. The van der Waals surface area contributed by atoms with E-state index in [1.165, 1.54) is 39.5 Å². The molecule has 1 atom stereocenters. The van der Waals surface area contributed by atoms with Gasteiger partial charge in [0.05, 0.1) is 38.8 Å². The zero-order valence-corrected chi connectivity index (χ0v) is 20.2. The molecule has 2 rings (SSSR count). The van der Waals surface area contributed by atoms with E-state index in [0.29, 0.717) is 23.8 Å². The van der Waals surface area contributed by atoms with Crippen molar-refractivity contribution in [1.82, 2.24) is 9.62 Å². The van der Waals surface area contributed by atoms with E-state index in [9.17, 15) is 13.2 Å². The first-order valence-corrected chi connectivity index (χ1v) is 11.7. The Morgan fingerprint density at radius 3 is 2.12 bits per heavy atom. The molecule has 0 unspecified atom stereocenters. The summed E-state index contributed by atoms with van der Waals surface area (Å²) in [5.74, 6) is 1.38. The number of hydrogen-bond acceptors (Lipinski definition) is 6. The molecule has 0 radical (unpaired) electrons. The molecule has 0 aliphatic heterocycles. The maximum Gasteiger partial charge on any atom is 0.243 e. The molecule has 0 heterocycles. The van der Waals surface area contributed by atoms with E-state index in [1.807, 2.05) is 24.3 Å². The van der Waals surface area contributed by atoms with Gasteiger partial charge < -0.3 is 19.5 Å². The predicted molar refractivity (Wildman–Crippen MR) is 123 cm³/mol. The van der Waals surface area contributed by atoms with Crippen LogP contribution in [0.15, 0.2) is 47.4 Å². The van der Waals surface area contributed by atoms with Crippen LogP contribution in [0.5, 0.6) is 17.2 Å². The van der Waals surface area contributed by atoms with Gasteiger partial charge in [0.25, 0.3) is 0 Å². The lowest BCUT2D eigenvalue weighted by Crippen LogP contribution is -2.40. The van der Waals surface area contributed by atoms with Crippen molar-refractivity contribution in [2.24, 2.45) is 5.92 Å². The Kier molecular flexibility index (Phi) is 8.91. The summed E-state index contributed by atoms with van der Waals surface area (Å²) in [6.07, 6.45) is 0.713. The fourth-order valence-electron chi connectivity index (χ4n) is 3.27. The largest absolute Gasteiger partial charge is 0.497 e. The van der Waals surface area contributed by atoms with Crippen LogP contribution < -0.4 is 19.5 Å². The summed E-state index contributed by atoms with van der Waals surface area (Å²) in [5, 5.41) is 2.97. The Balaban J connectivity index is 2.16. The standard InChI is InChI=1S/C23H32N2O6S/c1-16(2)13-20(17-7-9-18(29-4)10-8-17)24-23(26)15-25(3)32(27,28)19-11-12-21(30-5)22(14-19)31-6/h7-12,14,16,20H,13,15H2,1-6H3,(H,24,26)/t20-/m1/s1. The molecule has 0 saturated carbocycles. The van der Waals surface area contributed by atoms with Crippen molar-refractivity contribution in [3.8, 4) is 17.2 Å². The van der Waals surface area contributed by atoms with Gasteiger partial charge in [-0.05, 0) is 42.2 Å². The number of amides is 1. The lowest BCUT2D eigenvalue weighted by Gasteiger charge is -2.23. The van der Waals surface area contributed by atoms with Crippen LogP contribution in [0.3, 0.4) is 0 Å². The Labute approximate surface area is 190 Å². The van der Waals surface area contributed by atoms with Crippen molar-refractivity contribution in [2.45, 2.75) is 31.2 Å². The van der Waals surface area contributed by atoms with Gasteiger partial charge in [0.15, 0.2) is 11.5 Å². The topological polar surface area (TPSA) is 94.2 Å². The van der Waals surface area contributed by atoms with Gasteiger partial charge in [0.1, 0.15) is 5.75 Å². The molecule has 0 saturated heterocycles. The predicted octanol–water partition coefficient (Wildman–Crippen LogP) is 3.24. The van der Waals surface area contributed by atoms with Crippen LogP contribution >= 0.6 is 0 Å². The van der Waals surface area contributed by atoms with Gasteiger partial charge in [-0.25, -0.2) is 8.42 Å². The zero-order valence-electron chi connectivity index (χ0n) is 19.4. The second kappa shape index (κ2) is 11.2. The number of carbonyl (C=O) groups excluding carboxylic acids is 1. The lowest BCUT2D eigenvalue weighted by molar-refractivity contribution is -0.122. The highest BCUT2D eigenvalue weighted by molar-refractivity contribution is 7.89. The fraction of sp³-hybridized carbons (Fsp3) is 0.435. The number of benzene rings is 2. The van der Waals surface area contributed by atoms with Crippen molar-refractivity contribution in [3.05, 3.63) is 48.0 Å². The van der Waals surface area contributed by atoms with E-state index >= 15 is 0 Å². The van der Waals surface area contributed by atoms with Crippen LogP contribution in [0.1, 0.15) is 31.9 Å². The van der Waals surface area contributed by atoms with Crippen LogP contribution in [-0.4, -0.2) is 53.6 Å². The molecular weight excluding hydrogens is 432 g/mol. The Hall–Kier alpha value is -2.78. The number of sulfonamides is 1. The maximum absolute atomic E-state index is 13.0. The quantitative estimate of drug-likeness (QED) is 0.549. The Bertz CT molecular complexity index is 1010. The van der Waals surface area contributed by atoms with Gasteiger partial charge in [-0.2, -0.15) is 4.31 Å². The van der Waals surface area contributed by atoms with Crippen molar-refractivity contribution < 1.29 is 27.4 Å². The minimum atomic E-state index is -3.90. The minimum Gasteiger partial charge on any atom is -0.497 e. The van der Waals surface area contributed by atoms with Crippen molar-refractivity contribution >= 4 is 15.9 Å². The van der Waals surface area contributed by atoms with Gasteiger partial charge in [0.2, 0.25) is 15.9 Å². The third-order valence-electron chi connectivity index (χ3n) is 4.99. The number of nitrogens with zero attached hydrogens (tertiary/aromatic N) is 1. The Morgan fingerprint density at radius 2 is 1.59 bits per heavy atom. The molecule has 8 nitrogen and oxygen atoms in total. The summed E-state index contributed by atoms with van der Waals surface area (Å²) < 4.78 is 42.5. The minimum absolute atomic E-state index is 0.0133. The van der Waals surface area contributed by atoms with Crippen LogP contribution in [0, 0.1) is 5.92 Å². The normalized spacial score (nSPS) is 12.5. The highest BCUT2D eigenvalue weighted by Crippen LogP contribution is 2.30. The van der Waals surface area contributed by atoms with Gasteiger partial charge in [-0.15, -0.1) is 0 Å². The first-order valence-electron chi connectivity index (χ1n) is 10.2. The molecule has 0 spiro atoms. The third kappa shape index (κ3) is 6.37. The number of rotatable bonds is 11. The molecule has 0 aliphatic rings. The fourth-order valence-corrected chi connectivity index (χ4v) is 4.41. The number of carbonyl (C=O) groups is 1. The molecule has 0 fully saturated rings. The van der Waals surface area contributed by atoms with E-state index in [-0.39, 0.29) is 17.5 Å². The van der Waals surface area contributed by atoms with E-state index < -0.39 is 15.9 Å². The monoisotopic (exact) mass is 464 g/mol. The molecule has 176 valence electrons. The molecule has 32 heavy (non-hydrogen) atoms. The first-order chi connectivity index (χ1) is 15.1. The maximum atomic E-state index is 13.0. The van der Waals surface area contributed by atoms with Crippen LogP contribution in [-0.2, 0) is 14.8 Å². The third-order valence-corrected chi connectivity index (χ3v) is 6.79. The second-order valence-corrected chi connectivity index (χ2v) is 9.85. The van der Waals surface area contributed by atoms with Crippen molar-refractivity contribution in [2.75, 3.05) is 34.9 Å². The summed E-state index contributed by atoms with van der Waals surface area (Å²) >= 11 is 0. The molecule has 2 aromatic carbocycles. The van der Waals surface area contributed by atoms with E-state index in [0.717, 1.165) is 15.6 Å². The van der Waals surface area contributed by atoms with Gasteiger partial charge in [-0.3, -0.25) is 4.79 Å². The lowest BCUT2D eigenvalue weighted by atomic mass is 9.97. The molecule has 0 bridgehead atoms. The summed E-state index contributed by atoms with van der Waals surface area (Å²) in [4.78, 5) is 12.8. The highest BCUT2D eigenvalue weighted by atomic mass is 32.2. The molecule has 9 heteroatoms. The van der Waals surface area contributed by atoms with Gasteiger partial charge in [-0.1, -0.05) is 26.0 Å². The van der Waals surface area contributed by atoms with E-state index in [4.69, 9.17) is 14.2 Å². The van der Waals surface area contributed by atoms with Crippen molar-refractivity contribution in [1.29, 1.82) is 0 Å². The highest BCUT2D eigenvalue weighted by Gasteiger charge is 2.26. The van der Waals surface area contributed by atoms with Crippen LogP contribution in [0.2, 0.25) is 0 Å². The zero-order chi connectivity index (χ0) is 23.9. The Morgan fingerprint density at radius 1 is 0.969 bits per heavy atom. The number of nitrogens with one attached hydrogen (secondary N) is 1. The molecule has 0 aromatic heterocycles. The number of ether oxygens (including phenoxy) is 3. The molecule has 0 aliphatic carbocycles. The first kappa shape index (κ1) is 25.5. The van der Waals surface area contributed by atoms with Crippen molar-refractivity contribution in [3.63, 3.8) is 0 Å². The smallest absolute Gasteiger partial charge is 0.243 e. The average molecular weight is 465 g/mol. The molecule has 1 amide bonds. The molecule has 1 N–H and O–H groups in total. The van der Waals surface area contributed by atoms with Crippen LogP contribution in [0.4, 0.5) is 0 Å².